The number of aliphatic carboxylic acids is 1. The van der Waals surface area contributed by atoms with Crippen molar-refractivity contribution >= 4 is 5.97 Å². The van der Waals surface area contributed by atoms with Crippen LogP contribution in [0.15, 0.2) is 30.3 Å². The molecule has 6 heteroatoms. The Bertz CT molecular complexity index is 940. The summed E-state index contributed by atoms with van der Waals surface area (Å²) < 4.78 is 40.0. The number of carboxylic acids is 1. The Morgan fingerprint density at radius 2 is 1.74 bits per heavy atom. The summed E-state index contributed by atoms with van der Waals surface area (Å²) in [4.78, 5) is 10.8. The summed E-state index contributed by atoms with van der Waals surface area (Å²) >= 11 is 0. The van der Waals surface area contributed by atoms with Crippen LogP contribution in [0.5, 0.6) is 11.5 Å². The van der Waals surface area contributed by atoms with Crippen LogP contribution < -0.4 is 9.47 Å². The third-order valence-electron chi connectivity index (χ3n) is 5.33. The molecule has 0 spiro atoms. The van der Waals surface area contributed by atoms with Gasteiger partial charge in [-0.05, 0) is 55.9 Å². The fourth-order valence-corrected chi connectivity index (χ4v) is 3.99. The second-order valence-electron chi connectivity index (χ2n) is 8.26. The molecule has 2 unspecified atom stereocenters. The number of ether oxygens (including phenoxy) is 2. The van der Waals surface area contributed by atoms with E-state index in [1.54, 1.807) is 12.1 Å². The van der Waals surface area contributed by atoms with Crippen LogP contribution in [0.2, 0.25) is 0 Å². The number of carbonyl (C=O) groups is 1. The Morgan fingerprint density at radius 3 is 2.32 bits per heavy atom. The highest BCUT2D eigenvalue weighted by Crippen LogP contribution is 2.50. The molecule has 34 heavy (non-hydrogen) atoms. The van der Waals surface area contributed by atoms with Gasteiger partial charge in [-0.3, -0.25) is 4.79 Å². The van der Waals surface area contributed by atoms with Crippen molar-refractivity contribution in [3.05, 3.63) is 58.7 Å². The lowest BCUT2D eigenvalue weighted by molar-refractivity contribution is -0.137. The first kappa shape index (κ1) is 29.4. The van der Waals surface area contributed by atoms with E-state index < -0.39 is 17.4 Å². The van der Waals surface area contributed by atoms with Gasteiger partial charge in [-0.1, -0.05) is 47.6 Å². The lowest BCUT2D eigenvalue weighted by Crippen LogP contribution is -2.25. The molecule has 4 nitrogen and oxygen atoms in total. The second-order valence-corrected chi connectivity index (χ2v) is 8.26. The Balaban J connectivity index is 0.000000894. The molecule has 2 aliphatic rings. The van der Waals surface area contributed by atoms with Crippen LogP contribution in [0.3, 0.4) is 0 Å². The average molecular weight is 479 g/mol. The van der Waals surface area contributed by atoms with Crippen molar-refractivity contribution in [2.24, 2.45) is 5.92 Å². The van der Waals surface area contributed by atoms with Gasteiger partial charge in [-0.15, -0.1) is 0 Å². The summed E-state index contributed by atoms with van der Waals surface area (Å²) in [5, 5.41) is 8.85. The largest absolute Gasteiger partial charge is 0.489 e. The first-order valence-corrected chi connectivity index (χ1v) is 12.4. The number of hydrogen-bond donors (Lipinski definition) is 1. The normalized spacial score (nSPS) is 18.4. The van der Waals surface area contributed by atoms with Gasteiger partial charge in [0.15, 0.2) is 0 Å². The molecule has 1 N–H and O–H groups in total. The van der Waals surface area contributed by atoms with E-state index in [2.05, 4.69) is 0 Å². The Morgan fingerprint density at radius 1 is 1.09 bits per heavy atom. The standard InChI is InChI=1S/C22H22F2O4.3C2H6/c1-22(2)10-13-5-15(23)6-14(21(13)28-22)11-27-16-3-4-17(19(24)9-16)18-7-12(18)8-20(25)26;3*1-2/h3-6,9,12,18H,7-8,10-11H2,1-2H3,(H,25,26);3*1-2H3. The summed E-state index contributed by atoms with van der Waals surface area (Å²) in [7, 11) is 0. The van der Waals surface area contributed by atoms with E-state index >= 15 is 0 Å². The van der Waals surface area contributed by atoms with Crippen LogP contribution in [-0.4, -0.2) is 16.7 Å². The number of carboxylic acid groups (broad SMARTS) is 1. The van der Waals surface area contributed by atoms with Crippen molar-refractivity contribution in [2.75, 3.05) is 0 Å². The molecular formula is C28H40F2O4. The molecule has 4 rings (SSSR count). The monoisotopic (exact) mass is 478 g/mol. The smallest absolute Gasteiger partial charge is 0.303 e. The number of hydrogen-bond acceptors (Lipinski definition) is 3. The highest BCUT2D eigenvalue weighted by molar-refractivity contribution is 5.68. The van der Waals surface area contributed by atoms with E-state index in [0.717, 1.165) is 5.56 Å². The van der Waals surface area contributed by atoms with Crippen LogP contribution in [-0.2, 0) is 17.8 Å². The summed E-state index contributed by atoms with van der Waals surface area (Å²) in [6.45, 7) is 16.0. The molecule has 1 aliphatic carbocycles. The molecule has 0 radical (unpaired) electrons. The molecule has 0 saturated heterocycles. The SMILES string of the molecule is CC.CC.CC.CC1(C)Cc2cc(F)cc(COc3ccc(C4CC4CC(=O)O)c(F)c3)c2O1. The van der Waals surface area contributed by atoms with E-state index in [1.165, 1.54) is 18.2 Å². The molecule has 1 saturated carbocycles. The topological polar surface area (TPSA) is 55.8 Å². The fourth-order valence-electron chi connectivity index (χ4n) is 3.99. The van der Waals surface area contributed by atoms with Crippen LogP contribution in [0, 0.1) is 17.6 Å². The zero-order valence-electron chi connectivity index (χ0n) is 21.8. The minimum atomic E-state index is -0.860. The van der Waals surface area contributed by atoms with Crippen molar-refractivity contribution in [2.45, 2.75) is 92.8 Å². The average Bonchev–Trinajstić information content (AvgIpc) is 3.47. The molecular weight excluding hydrogens is 438 g/mol. The molecule has 190 valence electrons. The van der Waals surface area contributed by atoms with Gasteiger partial charge in [0.05, 0.1) is 0 Å². The van der Waals surface area contributed by atoms with Gasteiger partial charge in [0, 0.05) is 30.0 Å². The molecule has 2 aromatic carbocycles. The predicted octanol–water partition coefficient (Wildman–Crippen LogP) is 7.91. The summed E-state index contributed by atoms with van der Waals surface area (Å²) in [6.07, 6.45) is 1.37. The van der Waals surface area contributed by atoms with Crippen molar-refractivity contribution in [1.82, 2.24) is 0 Å². The fraction of sp³-hybridized carbons (Fsp3) is 0.536. The van der Waals surface area contributed by atoms with Crippen LogP contribution >= 0.6 is 0 Å². The van der Waals surface area contributed by atoms with Gasteiger partial charge >= 0.3 is 5.97 Å². The maximum atomic E-state index is 14.5. The van der Waals surface area contributed by atoms with Crippen LogP contribution in [0.25, 0.3) is 0 Å². The van der Waals surface area contributed by atoms with E-state index in [4.69, 9.17) is 14.6 Å². The number of halogens is 2. The molecule has 1 fully saturated rings. The molecule has 0 aromatic heterocycles. The van der Waals surface area contributed by atoms with Gasteiger partial charge < -0.3 is 14.6 Å². The molecule has 0 amide bonds. The Hall–Kier alpha value is -2.63. The van der Waals surface area contributed by atoms with E-state index in [-0.39, 0.29) is 30.7 Å². The minimum absolute atomic E-state index is 0.00541. The lowest BCUT2D eigenvalue weighted by atomic mass is 10.0. The van der Waals surface area contributed by atoms with E-state index in [0.29, 0.717) is 35.5 Å². The molecule has 1 aliphatic heterocycles. The predicted molar refractivity (Wildman–Crippen MR) is 133 cm³/mol. The van der Waals surface area contributed by atoms with Crippen LogP contribution in [0.1, 0.15) is 90.8 Å². The Kier molecular flexibility index (Phi) is 11.5. The van der Waals surface area contributed by atoms with Crippen molar-refractivity contribution in [3.8, 4) is 11.5 Å². The highest BCUT2D eigenvalue weighted by Gasteiger charge is 2.41. The first-order chi connectivity index (χ1) is 16.2. The van der Waals surface area contributed by atoms with Crippen molar-refractivity contribution < 1.29 is 28.2 Å². The maximum absolute atomic E-state index is 14.5. The lowest BCUT2D eigenvalue weighted by Gasteiger charge is -2.18. The van der Waals surface area contributed by atoms with Gasteiger partial charge in [0.2, 0.25) is 0 Å². The van der Waals surface area contributed by atoms with Crippen LogP contribution in [0.4, 0.5) is 8.78 Å². The zero-order valence-corrected chi connectivity index (χ0v) is 21.8. The molecule has 1 heterocycles. The van der Waals surface area contributed by atoms with Crippen molar-refractivity contribution in [1.29, 1.82) is 0 Å². The summed E-state index contributed by atoms with van der Waals surface area (Å²) in [5.41, 5.74) is 1.53. The maximum Gasteiger partial charge on any atom is 0.303 e. The van der Waals surface area contributed by atoms with Gasteiger partial charge in [-0.25, -0.2) is 8.78 Å². The van der Waals surface area contributed by atoms with E-state index in [9.17, 15) is 13.6 Å². The molecule has 2 atom stereocenters. The number of benzene rings is 2. The second kappa shape index (κ2) is 13.3. The zero-order chi connectivity index (χ0) is 26.1. The van der Waals surface area contributed by atoms with Gasteiger partial charge in [0.25, 0.3) is 0 Å². The Labute approximate surface area is 203 Å². The van der Waals surface area contributed by atoms with Gasteiger partial charge in [0.1, 0.15) is 35.3 Å². The quantitative estimate of drug-likeness (QED) is 0.458. The molecule has 0 bridgehead atoms. The van der Waals surface area contributed by atoms with Crippen molar-refractivity contribution in [3.63, 3.8) is 0 Å². The third kappa shape index (κ3) is 7.71. The summed E-state index contributed by atoms with van der Waals surface area (Å²) in [6, 6.07) is 7.47. The highest BCUT2D eigenvalue weighted by atomic mass is 19.1. The minimum Gasteiger partial charge on any atom is -0.489 e. The van der Waals surface area contributed by atoms with Gasteiger partial charge in [-0.2, -0.15) is 0 Å². The summed E-state index contributed by atoms with van der Waals surface area (Å²) in [5.74, 6) is -0.692. The third-order valence-corrected chi connectivity index (χ3v) is 5.33. The molecule has 2 aromatic rings. The first-order valence-electron chi connectivity index (χ1n) is 12.4. The number of rotatable bonds is 6. The number of fused-ring (bicyclic) bond motifs is 1. The van der Waals surface area contributed by atoms with E-state index in [1.807, 2.05) is 55.4 Å².